The van der Waals surface area contributed by atoms with E-state index >= 15 is 0 Å². The molecule has 0 saturated carbocycles. The van der Waals surface area contributed by atoms with Gasteiger partial charge in [-0.1, -0.05) is 20.8 Å². The van der Waals surface area contributed by atoms with Crippen molar-refractivity contribution in [3.63, 3.8) is 0 Å². The summed E-state index contributed by atoms with van der Waals surface area (Å²) in [4.78, 5) is 11.6. The number of hydrogen-bond donors (Lipinski definition) is 0. The van der Waals surface area contributed by atoms with E-state index in [2.05, 4.69) is 0 Å². The van der Waals surface area contributed by atoms with Gasteiger partial charge in [-0.2, -0.15) is 0 Å². The fourth-order valence-electron chi connectivity index (χ4n) is 1.74. The highest BCUT2D eigenvalue weighted by molar-refractivity contribution is 5.90. The van der Waals surface area contributed by atoms with Crippen molar-refractivity contribution in [1.29, 1.82) is 0 Å². The van der Waals surface area contributed by atoms with Crippen molar-refractivity contribution in [3.8, 4) is 0 Å². The lowest BCUT2D eigenvalue weighted by atomic mass is 9.95. The van der Waals surface area contributed by atoms with Crippen LogP contribution in [0.5, 0.6) is 0 Å². The van der Waals surface area contributed by atoms with Crippen LogP contribution in [0.25, 0.3) is 0 Å². The van der Waals surface area contributed by atoms with Crippen LogP contribution >= 0.6 is 0 Å². The van der Waals surface area contributed by atoms with E-state index in [-0.39, 0.29) is 11.4 Å². The van der Waals surface area contributed by atoms with E-state index in [4.69, 9.17) is 9.47 Å². The maximum Gasteiger partial charge on any atom is 0.340 e. The number of carbonyl (C=O) groups is 1. The van der Waals surface area contributed by atoms with Gasteiger partial charge in [0.05, 0.1) is 5.57 Å². The summed E-state index contributed by atoms with van der Waals surface area (Å²) >= 11 is 0. The van der Waals surface area contributed by atoms with E-state index in [0.29, 0.717) is 0 Å². The SMILES string of the molecule is CC(C)(C)[C@@H]1OC(=O)C2=C(CCC2)O1. The van der Waals surface area contributed by atoms with Crippen molar-refractivity contribution >= 4 is 5.97 Å². The van der Waals surface area contributed by atoms with Gasteiger partial charge in [-0.05, 0) is 12.8 Å². The molecule has 0 radical (unpaired) electrons. The molecule has 1 atom stereocenters. The first-order valence-electron chi connectivity index (χ1n) is 5.08. The number of hydrogen-bond acceptors (Lipinski definition) is 3. The topological polar surface area (TPSA) is 35.5 Å². The molecule has 0 saturated heterocycles. The largest absolute Gasteiger partial charge is 0.458 e. The smallest absolute Gasteiger partial charge is 0.340 e. The minimum Gasteiger partial charge on any atom is -0.458 e. The van der Waals surface area contributed by atoms with E-state index in [9.17, 15) is 4.79 Å². The summed E-state index contributed by atoms with van der Waals surface area (Å²) in [5.74, 6) is 0.685. The average molecular weight is 196 g/mol. The van der Waals surface area contributed by atoms with Crippen molar-refractivity contribution < 1.29 is 14.3 Å². The summed E-state index contributed by atoms with van der Waals surface area (Å²) in [6.07, 6.45) is 2.28. The van der Waals surface area contributed by atoms with Crippen molar-refractivity contribution in [3.05, 3.63) is 11.3 Å². The minimum atomic E-state index is -0.424. The standard InChI is InChI=1S/C11H16O3/c1-11(2,3)10-13-8-6-4-5-7(8)9(12)14-10/h10H,4-6H2,1-3H3/t10-/m0/s1. The number of esters is 1. The Hall–Kier alpha value is -0.990. The van der Waals surface area contributed by atoms with E-state index in [1.54, 1.807) is 0 Å². The van der Waals surface area contributed by atoms with Crippen molar-refractivity contribution in [2.75, 3.05) is 0 Å². The quantitative estimate of drug-likeness (QED) is 0.558. The van der Waals surface area contributed by atoms with Gasteiger partial charge in [0.1, 0.15) is 5.76 Å². The number of rotatable bonds is 0. The first-order valence-corrected chi connectivity index (χ1v) is 5.08. The highest BCUT2D eigenvalue weighted by atomic mass is 16.7. The summed E-state index contributed by atoms with van der Waals surface area (Å²) in [5, 5.41) is 0. The highest BCUT2D eigenvalue weighted by Crippen LogP contribution is 2.37. The average Bonchev–Trinajstić information content (AvgIpc) is 2.50. The van der Waals surface area contributed by atoms with Crippen molar-refractivity contribution in [1.82, 2.24) is 0 Å². The Balaban J connectivity index is 2.21. The maximum atomic E-state index is 11.6. The van der Waals surface area contributed by atoms with Crippen LogP contribution in [0.15, 0.2) is 11.3 Å². The van der Waals surface area contributed by atoms with Gasteiger partial charge in [-0.3, -0.25) is 0 Å². The summed E-state index contributed by atoms with van der Waals surface area (Å²) in [5.41, 5.74) is 0.599. The van der Waals surface area contributed by atoms with Gasteiger partial charge >= 0.3 is 5.97 Å². The Labute approximate surface area is 84.1 Å². The molecular weight excluding hydrogens is 180 g/mol. The zero-order valence-corrected chi connectivity index (χ0v) is 8.92. The summed E-state index contributed by atoms with van der Waals surface area (Å²) in [7, 11) is 0. The van der Waals surface area contributed by atoms with Gasteiger partial charge in [-0.15, -0.1) is 0 Å². The van der Waals surface area contributed by atoms with E-state index in [1.165, 1.54) is 0 Å². The van der Waals surface area contributed by atoms with Crippen molar-refractivity contribution in [2.24, 2.45) is 5.41 Å². The monoisotopic (exact) mass is 196 g/mol. The van der Waals surface area contributed by atoms with Gasteiger partial charge in [0.25, 0.3) is 0 Å². The van der Waals surface area contributed by atoms with Gasteiger partial charge < -0.3 is 9.47 Å². The fraction of sp³-hybridized carbons (Fsp3) is 0.727. The molecule has 0 amide bonds. The van der Waals surface area contributed by atoms with Gasteiger partial charge in [0.15, 0.2) is 0 Å². The number of cyclic esters (lactones) is 1. The van der Waals surface area contributed by atoms with Crippen LogP contribution < -0.4 is 0 Å². The summed E-state index contributed by atoms with van der Waals surface area (Å²) in [6.45, 7) is 6.02. The second-order valence-corrected chi connectivity index (χ2v) is 4.98. The van der Waals surface area contributed by atoms with E-state index < -0.39 is 6.29 Å². The van der Waals surface area contributed by atoms with Crippen molar-refractivity contribution in [2.45, 2.75) is 46.3 Å². The lowest BCUT2D eigenvalue weighted by Gasteiger charge is -2.33. The van der Waals surface area contributed by atoms with Crippen LogP contribution in [-0.2, 0) is 14.3 Å². The molecule has 3 nitrogen and oxygen atoms in total. The Kier molecular flexibility index (Phi) is 2.05. The third-order valence-electron chi connectivity index (χ3n) is 2.58. The van der Waals surface area contributed by atoms with Crippen LogP contribution in [0.2, 0.25) is 0 Å². The number of carbonyl (C=O) groups excluding carboxylic acids is 1. The third kappa shape index (κ3) is 1.51. The third-order valence-corrected chi connectivity index (χ3v) is 2.58. The fourth-order valence-corrected chi connectivity index (χ4v) is 1.74. The van der Waals surface area contributed by atoms with E-state index in [0.717, 1.165) is 30.6 Å². The molecule has 0 bridgehead atoms. The van der Waals surface area contributed by atoms with Gasteiger partial charge in [-0.25, -0.2) is 4.79 Å². The number of ether oxygens (including phenoxy) is 2. The van der Waals surface area contributed by atoms with Crippen LogP contribution in [0, 0.1) is 5.41 Å². The molecule has 14 heavy (non-hydrogen) atoms. The molecule has 0 N–H and O–H groups in total. The molecule has 2 aliphatic rings. The minimum absolute atomic E-state index is 0.156. The molecule has 3 heteroatoms. The Morgan fingerprint density at radius 1 is 1.21 bits per heavy atom. The predicted molar refractivity (Wildman–Crippen MR) is 51.3 cm³/mol. The Morgan fingerprint density at radius 2 is 1.93 bits per heavy atom. The van der Waals surface area contributed by atoms with E-state index in [1.807, 2.05) is 20.8 Å². The van der Waals surface area contributed by atoms with Crippen LogP contribution in [-0.4, -0.2) is 12.3 Å². The van der Waals surface area contributed by atoms with Gasteiger partial charge in [0, 0.05) is 11.8 Å². The molecule has 0 unspecified atom stereocenters. The molecule has 0 aromatic carbocycles. The summed E-state index contributed by atoms with van der Waals surface area (Å²) < 4.78 is 10.9. The molecule has 1 aliphatic heterocycles. The molecule has 0 aromatic heterocycles. The molecule has 0 aromatic rings. The normalized spacial score (nSPS) is 27.1. The Morgan fingerprint density at radius 3 is 2.57 bits per heavy atom. The first kappa shape index (κ1) is 9.56. The Bertz CT molecular complexity index is 296. The van der Waals surface area contributed by atoms with Gasteiger partial charge in [0.2, 0.25) is 6.29 Å². The zero-order valence-electron chi connectivity index (χ0n) is 8.92. The number of allylic oxidation sites excluding steroid dienone is 1. The summed E-state index contributed by atoms with van der Waals surface area (Å²) in [6, 6.07) is 0. The molecule has 1 aliphatic carbocycles. The predicted octanol–water partition coefficient (Wildman–Crippen LogP) is 2.37. The second kappa shape index (κ2) is 3.01. The molecule has 0 fully saturated rings. The molecule has 78 valence electrons. The first-order chi connectivity index (χ1) is 6.48. The molecule has 2 rings (SSSR count). The maximum absolute atomic E-state index is 11.6. The van der Waals surface area contributed by atoms with Crippen LogP contribution in [0.1, 0.15) is 40.0 Å². The molecule has 0 spiro atoms. The van der Waals surface area contributed by atoms with Crippen LogP contribution in [0.4, 0.5) is 0 Å². The molecular formula is C11H16O3. The van der Waals surface area contributed by atoms with Crippen LogP contribution in [0.3, 0.4) is 0 Å². The molecule has 1 heterocycles. The highest BCUT2D eigenvalue weighted by Gasteiger charge is 2.38. The zero-order chi connectivity index (χ0) is 10.3. The lowest BCUT2D eigenvalue weighted by molar-refractivity contribution is -0.196. The second-order valence-electron chi connectivity index (χ2n) is 4.98. The lowest BCUT2D eigenvalue weighted by Crippen LogP contribution is -2.37.